The molecule has 1 aromatic rings. The van der Waals surface area contributed by atoms with Crippen LogP contribution >= 0.6 is 0 Å². The first-order chi connectivity index (χ1) is 7.36. The molecule has 15 heavy (non-hydrogen) atoms. The molecule has 4 heteroatoms. The zero-order valence-electron chi connectivity index (χ0n) is 8.85. The van der Waals surface area contributed by atoms with Crippen LogP contribution in [0, 0.1) is 0 Å². The van der Waals surface area contributed by atoms with Crippen LogP contribution in [-0.2, 0) is 6.54 Å². The molecule has 1 saturated carbocycles. The van der Waals surface area contributed by atoms with Crippen LogP contribution in [0.1, 0.15) is 25.7 Å². The predicted molar refractivity (Wildman–Crippen MR) is 58.8 cm³/mol. The average molecular weight is 207 g/mol. The van der Waals surface area contributed by atoms with Crippen molar-refractivity contribution in [3.8, 4) is 0 Å². The van der Waals surface area contributed by atoms with Crippen LogP contribution in [0.4, 0.5) is 0 Å². The standard InChI is InChI=1S/C11H17N3O/c15-11-6-3-7-13-14(11)9-8-12-10-4-1-2-5-10/h3,6-7,10,12H,1-2,4-5,8-9H2. The van der Waals surface area contributed by atoms with Crippen LogP contribution < -0.4 is 10.9 Å². The average Bonchev–Trinajstić information content (AvgIpc) is 2.74. The smallest absolute Gasteiger partial charge is 0.266 e. The Hall–Kier alpha value is -1.16. The van der Waals surface area contributed by atoms with Gasteiger partial charge in [0.05, 0.1) is 6.54 Å². The van der Waals surface area contributed by atoms with Gasteiger partial charge in [-0.25, -0.2) is 4.68 Å². The Kier molecular flexibility index (Phi) is 3.50. The molecule has 0 bridgehead atoms. The third kappa shape index (κ3) is 2.89. The Morgan fingerprint density at radius 2 is 2.27 bits per heavy atom. The van der Waals surface area contributed by atoms with Crippen LogP contribution in [0.15, 0.2) is 23.1 Å². The van der Waals surface area contributed by atoms with Crippen molar-refractivity contribution >= 4 is 0 Å². The first kappa shape index (κ1) is 10.4. The van der Waals surface area contributed by atoms with Crippen LogP contribution in [0.3, 0.4) is 0 Å². The van der Waals surface area contributed by atoms with Crippen LogP contribution in [-0.4, -0.2) is 22.4 Å². The fourth-order valence-electron chi connectivity index (χ4n) is 2.06. The summed E-state index contributed by atoms with van der Waals surface area (Å²) in [6.45, 7) is 1.50. The van der Waals surface area contributed by atoms with Gasteiger partial charge >= 0.3 is 0 Å². The molecule has 1 N–H and O–H groups in total. The van der Waals surface area contributed by atoms with Gasteiger partial charge in [-0.1, -0.05) is 12.8 Å². The van der Waals surface area contributed by atoms with Crippen molar-refractivity contribution in [3.63, 3.8) is 0 Å². The monoisotopic (exact) mass is 207 g/mol. The number of hydrogen-bond donors (Lipinski definition) is 1. The number of nitrogens with zero attached hydrogens (tertiary/aromatic N) is 2. The molecule has 0 saturated heterocycles. The van der Waals surface area contributed by atoms with E-state index in [2.05, 4.69) is 10.4 Å². The van der Waals surface area contributed by atoms with Gasteiger partial charge in [-0.3, -0.25) is 4.79 Å². The third-order valence-electron chi connectivity index (χ3n) is 2.90. The lowest BCUT2D eigenvalue weighted by Crippen LogP contribution is -2.32. The van der Waals surface area contributed by atoms with Gasteiger partial charge in [0.1, 0.15) is 0 Å². The van der Waals surface area contributed by atoms with Crippen molar-refractivity contribution in [1.82, 2.24) is 15.1 Å². The van der Waals surface area contributed by atoms with Crippen molar-refractivity contribution in [2.75, 3.05) is 6.54 Å². The largest absolute Gasteiger partial charge is 0.312 e. The van der Waals surface area contributed by atoms with E-state index >= 15 is 0 Å². The van der Waals surface area contributed by atoms with Crippen LogP contribution in [0.5, 0.6) is 0 Å². The second kappa shape index (κ2) is 5.07. The summed E-state index contributed by atoms with van der Waals surface area (Å²) in [5, 5.41) is 7.46. The molecule has 0 amide bonds. The van der Waals surface area contributed by atoms with E-state index < -0.39 is 0 Å². The van der Waals surface area contributed by atoms with E-state index in [1.165, 1.54) is 30.4 Å². The van der Waals surface area contributed by atoms with E-state index in [-0.39, 0.29) is 5.56 Å². The maximum atomic E-state index is 11.3. The van der Waals surface area contributed by atoms with Gasteiger partial charge in [-0.05, 0) is 18.9 Å². The molecule has 1 aromatic heterocycles. The van der Waals surface area contributed by atoms with Crippen molar-refractivity contribution in [3.05, 3.63) is 28.7 Å². The van der Waals surface area contributed by atoms with Gasteiger partial charge in [0.25, 0.3) is 5.56 Å². The summed E-state index contributed by atoms with van der Waals surface area (Å²) in [5.74, 6) is 0. The second-order valence-corrected chi connectivity index (χ2v) is 4.02. The highest BCUT2D eigenvalue weighted by Gasteiger charge is 2.13. The molecule has 0 aromatic carbocycles. The zero-order chi connectivity index (χ0) is 10.5. The second-order valence-electron chi connectivity index (χ2n) is 4.02. The summed E-state index contributed by atoms with van der Waals surface area (Å²) in [7, 11) is 0. The molecule has 0 unspecified atom stereocenters. The fourth-order valence-corrected chi connectivity index (χ4v) is 2.06. The number of rotatable bonds is 4. The summed E-state index contributed by atoms with van der Waals surface area (Å²) < 4.78 is 1.50. The fraction of sp³-hybridized carbons (Fsp3) is 0.636. The summed E-state index contributed by atoms with van der Waals surface area (Å²) in [4.78, 5) is 11.3. The number of hydrogen-bond acceptors (Lipinski definition) is 3. The molecule has 0 spiro atoms. The minimum absolute atomic E-state index is 0.0225. The van der Waals surface area contributed by atoms with E-state index in [0.717, 1.165) is 6.54 Å². The highest BCUT2D eigenvalue weighted by atomic mass is 16.1. The number of nitrogens with one attached hydrogen (secondary N) is 1. The topological polar surface area (TPSA) is 46.9 Å². The van der Waals surface area contributed by atoms with Crippen molar-refractivity contribution in [2.24, 2.45) is 0 Å². The highest BCUT2D eigenvalue weighted by Crippen LogP contribution is 2.17. The van der Waals surface area contributed by atoms with Crippen molar-refractivity contribution in [1.29, 1.82) is 0 Å². The van der Waals surface area contributed by atoms with Gasteiger partial charge in [-0.2, -0.15) is 5.10 Å². The summed E-state index contributed by atoms with van der Waals surface area (Å²) in [6.07, 6.45) is 6.87. The Morgan fingerprint density at radius 3 is 3.00 bits per heavy atom. The molecule has 0 atom stereocenters. The first-order valence-electron chi connectivity index (χ1n) is 5.62. The van der Waals surface area contributed by atoms with E-state index in [1.54, 1.807) is 18.3 Å². The van der Waals surface area contributed by atoms with Gasteiger partial charge in [-0.15, -0.1) is 0 Å². The SMILES string of the molecule is O=c1cccnn1CCNC1CCCC1. The summed E-state index contributed by atoms with van der Waals surface area (Å²) >= 11 is 0. The molecular weight excluding hydrogens is 190 g/mol. The lowest BCUT2D eigenvalue weighted by atomic mass is 10.2. The molecule has 0 aliphatic heterocycles. The maximum absolute atomic E-state index is 11.3. The van der Waals surface area contributed by atoms with Gasteiger partial charge in [0.15, 0.2) is 0 Å². The molecule has 2 rings (SSSR count). The van der Waals surface area contributed by atoms with Crippen LogP contribution in [0.2, 0.25) is 0 Å². The quantitative estimate of drug-likeness (QED) is 0.793. The molecule has 82 valence electrons. The van der Waals surface area contributed by atoms with E-state index in [1.807, 2.05) is 0 Å². The minimum Gasteiger partial charge on any atom is -0.312 e. The molecule has 4 nitrogen and oxygen atoms in total. The zero-order valence-corrected chi connectivity index (χ0v) is 8.85. The van der Waals surface area contributed by atoms with Gasteiger partial charge in [0.2, 0.25) is 0 Å². The van der Waals surface area contributed by atoms with E-state index in [0.29, 0.717) is 12.6 Å². The van der Waals surface area contributed by atoms with Gasteiger partial charge in [0, 0.05) is 24.8 Å². The Bertz CT molecular complexity index is 355. The third-order valence-corrected chi connectivity index (χ3v) is 2.90. The number of aromatic nitrogens is 2. The normalized spacial score (nSPS) is 17.1. The minimum atomic E-state index is -0.0225. The summed E-state index contributed by atoms with van der Waals surface area (Å²) in [5.41, 5.74) is -0.0225. The molecule has 1 fully saturated rings. The molecular formula is C11H17N3O. The molecule has 1 heterocycles. The van der Waals surface area contributed by atoms with Gasteiger partial charge < -0.3 is 5.32 Å². The van der Waals surface area contributed by atoms with Crippen molar-refractivity contribution < 1.29 is 0 Å². The molecule has 1 aliphatic rings. The maximum Gasteiger partial charge on any atom is 0.266 e. The molecule has 0 radical (unpaired) electrons. The first-order valence-corrected chi connectivity index (χ1v) is 5.62. The highest BCUT2D eigenvalue weighted by molar-refractivity contribution is 4.84. The lowest BCUT2D eigenvalue weighted by molar-refractivity contribution is 0.470. The van der Waals surface area contributed by atoms with Crippen LogP contribution in [0.25, 0.3) is 0 Å². The Labute approximate surface area is 89.3 Å². The Balaban J connectivity index is 1.78. The van der Waals surface area contributed by atoms with E-state index in [9.17, 15) is 4.79 Å². The van der Waals surface area contributed by atoms with E-state index in [4.69, 9.17) is 0 Å². The van der Waals surface area contributed by atoms with Crippen molar-refractivity contribution in [2.45, 2.75) is 38.3 Å². The predicted octanol–water partition coefficient (Wildman–Crippen LogP) is 0.775. The lowest BCUT2D eigenvalue weighted by Gasteiger charge is -2.11. The summed E-state index contributed by atoms with van der Waals surface area (Å²) in [6, 6.07) is 3.87. The molecule has 1 aliphatic carbocycles. The Morgan fingerprint density at radius 1 is 1.47 bits per heavy atom.